The molecule has 0 bridgehead atoms. The first kappa shape index (κ1) is 14.9. The maximum absolute atomic E-state index is 12.4. The molecule has 1 aromatic carbocycles. The summed E-state index contributed by atoms with van der Waals surface area (Å²) in [5.41, 5.74) is 0.651. The van der Waals surface area contributed by atoms with Crippen LogP contribution in [-0.4, -0.2) is 16.6 Å². The highest BCUT2D eigenvalue weighted by molar-refractivity contribution is 9.10. The summed E-state index contributed by atoms with van der Waals surface area (Å²) >= 11 is 3.32. The van der Waals surface area contributed by atoms with E-state index in [1.165, 1.54) is 6.07 Å². The lowest BCUT2D eigenvalue weighted by atomic mass is 10.2. The highest BCUT2D eigenvalue weighted by atomic mass is 79.9. The molecule has 0 aliphatic carbocycles. The molecule has 4 nitrogen and oxygen atoms in total. The van der Waals surface area contributed by atoms with Gasteiger partial charge < -0.3 is 15.0 Å². The first-order chi connectivity index (χ1) is 9.56. The number of hydrogen-bond donors (Lipinski definition) is 2. The predicted molar refractivity (Wildman–Crippen MR) is 74.6 cm³/mol. The van der Waals surface area contributed by atoms with Crippen molar-refractivity contribution in [2.24, 2.45) is 0 Å². The van der Waals surface area contributed by atoms with Crippen molar-refractivity contribution in [2.45, 2.75) is 26.1 Å². The summed E-state index contributed by atoms with van der Waals surface area (Å²) in [6, 6.07) is 4.91. The van der Waals surface area contributed by atoms with Crippen LogP contribution in [0.15, 0.2) is 35.1 Å². The fourth-order valence-corrected chi connectivity index (χ4v) is 2.18. The number of alkyl halides is 2. The predicted octanol–water partition coefficient (Wildman–Crippen LogP) is 3.62. The normalized spacial score (nSPS) is 12.7. The van der Waals surface area contributed by atoms with Crippen molar-refractivity contribution in [2.75, 3.05) is 0 Å². The fourth-order valence-electron chi connectivity index (χ4n) is 1.77. The van der Waals surface area contributed by atoms with E-state index in [0.29, 0.717) is 12.1 Å². The van der Waals surface area contributed by atoms with Crippen molar-refractivity contribution in [1.82, 2.24) is 15.3 Å². The van der Waals surface area contributed by atoms with E-state index in [4.69, 9.17) is 0 Å². The van der Waals surface area contributed by atoms with Crippen LogP contribution in [0.25, 0.3) is 0 Å². The Hall–Kier alpha value is -1.47. The van der Waals surface area contributed by atoms with Crippen LogP contribution >= 0.6 is 15.9 Å². The van der Waals surface area contributed by atoms with Gasteiger partial charge in [0.1, 0.15) is 11.6 Å². The third-order valence-corrected chi connectivity index (χ3v) is 3.26. The van der Waals surface area contributed by atoms with Crippen LogP contribution in [0.3, 0.4) is 0 Å². The third-order valence-electron chi connectivity index (χ3n) is 2.77. The van der Waals surface area contributed by atoms with E-state index >= 15 is 0 Å². The summed E-state index contributed by atoms with van der Waals surface area (Å²) in [7, 11) is 0. The molecule has 7 heteroatoms. The summed E-state index contributed by atoms with van der Waals surface area (Å²) in [4.78, 5) is 7.14. The van der Waals surface area contributed by atoms with Gasteiger partial charge in [-0.25, -0.2) is 4.98 Å². The Morgan fingerprint density at radius 2 is 2.25 bits per heavy atom. The van der Waals surface area contributed by atoms with Crippen molar-refractivity contribution in [1.29, 1.82) is 0 Å². The van der Waals surface area contributed by atoms with Crippen molar-refractivity contribution < 1.29 is 13.5 Å². The Kier molecular flexibility index (Phi) is 5.08. The topological polar surface area (TPSA) is 49.9 Å². The standard InChI is InChI=1S/C13H14BrF2N3O/c1-8(12-17-4-5-18-12)19-7-9-6-10(14)2-3-11(9)20-13(15)16/h2-6,8,13,19H,7H2,1H3,(H,17,18). The van der Waals surface area contributed by atoms with Crippen LogP contribution < -0.4 is 10.1 Å². The number of nitrogens with one attached hydrogen (secondary N) is 2. The summed E-state index contributed by atoms with van der Waals surface area (Å²) in [6.45, 7) is -0.509. The number of ether oxygens (including phenoxy) is 1. The number of rotatable bonds is 6. The molecule has 1 atom stereocenters. The molecule has 0 aliphatic heterocycles. The van der Waals surface area contributed by atoms with Gasteiger partial charge in [0.2, 0.25) is 0 Å². The summed E-state index contributed by atoms with van der Waals surface area (Å²) in [5.74, 6) is 0.957. The molecule has 20 heavy (non-hydrogen) atoms. The Balaban J connectivity index is 2.06. The van der Waals surface area contributed by atoms with E-state index in [9.17, 15) is 8.78 Å². The van der Waals surface area contributed by atoms with Crippen molar-refractivity contribution in [3.8, 4) is 5.75 Å². The lowest BCUT2D eigenvalue weighted by Crippen LogP contribution is -2.20. The van der Waals surface area contributed by atoms with Gasteiger partial charge in [0.15, 0.2) is 0 Å². The van der Waals surface area contributed by atoms with Gasteiger partial charge in [-0.3, -0.25) is 0 Å². The average Bonchev–Trinajstić information content (AvgIpc) is 2.92. The number of H-pyrrole nitrogens is 1. The maximum atomic E-state index is 12.4. The van der Waals surface area contributed by atoms with Gasteiger partial charge >= 0.3 is 6.61 Å². The number of aromatic nitrogens is 2. The van der Waals surface area contributed by atoms with Crippen LogP contribution in [0, 0.1) is 0 Å². The van der Waals surface area contributed by atoms with Crippen LogP contribution in [0.5, 0.6) is 5.75 Å². The molecule has 1 heterocycles. The molecular formula is C13H14BrF2N3O. The summed E-state index contributed by atoms with van der Waals surface area (Å²) < 4.78 is 30.0. The number of hydrogen-bond acceptors (Lipinski definition) is 3. The second-order valence-corrected chi connectivity index (χ2v) is 5.12. The molecule has 2 N–H and O–H groups in total. The molecule has 2 rings (SSSR count). The minimum atomic E-state index is -2.84. The van der Waals surface area contributed by atoms with Gasteiger partial charge in [-0.1, -0.05) is 15.9 Å². The first-order valence-corrected chi connectivity index (χ1v) is 6.81. The van der Waals surface area contributed by atoms with Gasteiger partial charge in [-0.05, 0) is 25.1 Å². The Bertz CT molecular complexity index is 549. The Labute approximate surface area is 123 Å². The number of benzene rings is 1. The molecule has 1 unspecified atom stereocenters. The molecule has 0 spiro atoms. The van der Waals surface area contributed by atoms with Crippen LogP contribution in [0.2, 0.25) is 0 Å². The maximum Gasteiger partial charge on any atom is 0.387 e. The van der Waals surface area contributed by atoms with Gasteiger partial charge in [-0.15, -0.1) is 0 Å². The Morgan fingerprint density at radius 1 is 1.45 bits per heavy atom. The van der Waals surface area contributed by atoms with Gasteiger partial charge in [0.25, 0.3) is 0 Å². The van der Waals surface area contributed by atoms with Crippen LogP contribution in [0.1, 0.15) is 24.4 Å². The number of aromatic amines is 1. The van der Waals surface area contributed by atoms with E-state index < -0.39 is 6.61 Å². The molecule has 108 valence electrons. The molecule has 2 aromatic rings. The Morgan fingerprint density at radius 3 is 2.90 bits per heavy atom. The van der Waals surface area contributed by atoms with Gasteiger partial charge in [-0.2, -0.15) is 8.78 Å². The van der Waals surface area contributed by atoms with E-state index in [1.807, 2.05) is 6.92 Å². The summed E-state index contributed by atoms with van der Waals surface area (Å²) in [5, 5.41) is 3.20. The molecule has 1 aromatic heterocycles. The molecule has 0 saturated heterocycles. The number of halogens is 3. The molecule has 0 fully saturated rings. The SMILES string of the molecule is CC(NCc1cc(Br)ccc1OC(F)F)c1ncc[nH]1. The molecule has 0 amide bonds. The van der Waals surface area contributed by atoms with E-state index in [2.05, 4.69) is 36.0 Å². The third kappa shape index (κ3) is 4.01. The quantitative estimate of drug-likeness (QED) is 0.840. The molecule has 0 aliphatic rings. The highest BCUT2D eigenvalue weighted by Crippen LogP contribution is 2.25. The zero-order valence-electron chi connectivity index (χ0n) is 10.7. The van der Waals surface area contributed by atoms with Gasteiger partial charge in [0, 0.05) is 29.0 Å². The molecule has 0 radical (unpaired) electrons. The minimum Gasteiger partial charge on any atom is -0.434 e. The fraction of sp³-hybridized carbons (Fsp3) is 0.308. The first-order valence-electron chi connectivity index (χ1n) is 6.02. The largest absolute Gasteiger partial charge is 0.434 e. The number of nitrogens with zero attached hydrogens (tertiary/aromatic N) is 1. The second-order valence-electron chi connectivity index (χ2n) is 4.21. The summed E-state index contributed by atoms with van der Waals surface area (Å²) in [6.07, 6.45) is 3.40. The van der Waals surface area contributed by atoms with Crippen molar-refractivity contribution >= 4 is 15.9 Å². The van der Waals surface area contributed by atoms with E-state index in [1.54, 1.807) is 24.5 Å². The van der Waals surface area contributed by atoms with Crippen molar-refractivity contribution in [3.05, 3.63) is 46.5 Å². The lowest BCUT2D eigenvalue weighted by molar-refractivity contribution is -0.0505. The lowest BCUT2D eigenvalue weighted by Gasteiger charge is -2.15. The van der Waals surface area contributed by atoms with E-state index in [0.717, 1.165) is 10.3 Å². The van der Waals surface area contributed by atoms with Gasteiger partial charge in [0.05, 0.1) is 6.04 Å². The smallest absolute Gasteiger partial charge is 0.387 e. The number of imidazole rings is 1. The zero-order chi connectivity index (χ0) is 14.5. The molecular weight excluding hydrogens is 332 g/mol. The van der Waals surface area contributed by atoms with Crippen LogP contribution in [-0.2, 0) is 6.54 Å². The zero-order valence-corrected chi connectivity index (χ0v) is 12.3. The minimum absolute atomic E-state index is 0.0246. The van der Waals surface area contributed by atoms with Crippen molar-refractivity contribution in [3.63, 3.8) is 0 Å². The van der Waals surface area contributed by atoms with E-state index in [-0.39, 0.29) is 11.8 Å². The van der Waals surface area contributed by atoms with Crippen LogP contribution in [0.4, 0.5) is 8.78 Å². The second kappa shape index (κ2) is 6.81. The monoisotopic (exact) mass is 345 g/mol. The highest BCUT2D eigenvalue weighted by Gasteiger charge is 2.12. The molecule has 0 saturated carbocycles. The average molecular weight is 346 g/mol.